The third-order valence-corrected chi connectivity index (χ3v) is 3.62. The summed E-state index contributed by atoms with van der Waals surface area (Å²) < 4.78 is 26.5. The Morgan fingerprint density at radius 3 is 2.07 bits per heavy atom. The van der Waals surface area contributed by atoms with Gasteiger partial charge in [0.25, 0.3) is 5.69 Å². The van der Waals surface area contributed by atoms with E-state index < -0.39 is 47.4 Å². The summed E-state index contributed by atoms with van der Waals surface area (Å²) in [4.78, 5) is 44.2. The van der Waals surface area contributed by atoms with Gasteiger partial charge >= 0.3 is 17.9 Å². The van der Waals surface area contributed by atoms with Crippen molar-refractivity contribution in [3.63, 3.8) is 0 Å². The van der Waals surface area contributed by atoms with Crippen molar-refractivity contribution >= 4 is 23.6 Å². The molecule has 1 aromatic rings. The van der Waals surface area contributed by atoms with Crippen molar-refractivity contribution in [2.75, 3.05) is 6.61 Å². The first kappa shape index (κ1) is 21.1. The van der Waals surface area contributed by atoms with Gasteiger partial charge in [0.05, 0.1) is 4.92 Å². The van der Waals surface area contributed by atoms with Crippen LogP contribution in [0, 0.1) is 10.1 Å². The maximum atomic E-state index is 11.5. The standard InChI is InChI=1S/C17H19NO10/c1-9(19)24-8-14-15(25-10(2)20)16(26-11(3)21)17(28-14)27-13-6-4-12(5-7-13)18(22)23/h4-7,14-17H,8H2,1-3H3/t14-,15-,16+,17+/m0/s1. The summed E-state index contributed by atoms with van der Waals surface area (Å²) in [6, 6.07) is 5.13. The summed E-state index contributed by atoms with van der Waals surface area (Å²) in [5, 5.41) is 10.7. The molecule has 1 fully saturated rings. The number of hydrogen-bond acceptors (Lipinski definition) is 10. The van der Waals surface area contributed by atoms with Crippen LogP contribution >= 0.6 is 0 Å². The van der Waals surface area contributed by atoms with Crippen molar-refractivity contribution < 1.29 is 43.0 Å². The van der Waals surface area contributed by atoms with Crippen LogP contribution in [-0.4, -0.2) is 54.0 Å². The maximum absolute atomic E-state index is 11.5. The predicted molar refractivity (Wildman–Crippen MR) is 90.1 cm³/mol. The van der Waals surface area contributed by atoms with E-state index >= 15 is 0 Å². The second-order valence-electron chi connectivity index (χ2n) is 5.86. The van der Waals surface area contributed by atoms with Crippen molar-refractivity contribution in [2.24, 2.45) is 0 Å². The van der Waals surface area contributed by atoms with E-state index in [-0.39, 0.29) is 18.0 Å². The van der Waals surface area contributed by atoms with Gasteiger partial charge in [0.15, 0.2) is 6.10 Å². The smallest absolute Gasteiger partial charge is 0.303 e. The Kier molecular flexibility index (Phi) is 6.88. The quantitative estimate of drug-likeness (QED) is 0.284. The van der Waals surface area contributed by atoms with Crippen LogP contribution in [0.5, 0.6) is 5.75 Å². The fourth-order valence-electron chi connectivity index (χ4n) is 2.55. The highest BCUT2D eigenvalue weighted by Gasteiger charge is 2.51. The van der Waals surface area contributed by atoms with E-state index in [0.717, 1.165) is 13.8 Å². The van der Waals surface area contributed by atoms with Crippen molar-refractivity contribution in [1.82, 2.24) is 0 Å². The molecule has 28 heavy (non-hydrogen) atoms. The molecule has 152 valence electrons. The topological polar surface area (TPSA) is 141 Å². The second kappa shape index (κ2) is 9.13. The molecule has 11 heteroatoms. The summed E-state index contributed by atoms with van der Waals surface area (Å²) >= 11 is 0. The number of nitro benzene ring substituents is 1. The molecular weight excluding hydrogens is 378 g/mol. The van der Waals surface area contributed by atoms with Crippen LogP contribution in [0.2, 0.25) is 0 Å². The minimum Gasteiger partial charge on any atom is -0.463 e. The van der Waals surface area contributed by atoms with Crippen LogP contribution in [0.1, 0.15) is 20.8 Å². The fourth-order valence-corrected chi connectivity index (χ4v) is 2.55. The monoisotopic (exact) mass is 397 g/mol. The molecule has 1 aliphatic rings. The Morgan fingerprint density at radius 1 is 1.00 bits per heavy atom. The second-order valence-corrected chi connectivity index (χ2v) is 5.86. The van der Waals surface area contributed by atoms with Gasteiger partial charge in [-0.15, -0.1) is 0 Å². The van der Waals surface area contributed by atoms with E-state index in [2.05, 4.69) is 0 Å². The molecule has 1 aliphatic heterocycles. The van der Waals surface area contributed by atoms with Crippen molar-refractivity contribution in [3.05, 3.63) is 34.4 Å². The molecule has 0 aliphatic carbocycles. The van der Waals surface area contributed by atoms with Crippen LogP contribution in [-0.2, 0) is 33.3 Å². The Morgan fingerprint density at radius 2 is 1.57 bits per heavy atom. The Labute approximate surface area is 159 Å². The molecule has 0 aromatic heterocycles. The minimum absolute atomic E-state index is 0.137. The lowest BCUT2D eigenvalue weighted by Crippen LogP contribution is -2.42. The summed E-state index contributed by atoms with van der Waals surface area (Å²) in [5.41, 5.74) is -0.137. The van der Waals surface area contributed by atoms with Gasteiger partial charge < -0.3 is 23.7 Å². The molecule has 1 saturated heterocycles. The van der Waals surface area contributed by atoms with E-state index in [1.807, 2.05) is 0 Å². The molecule has 1 aromatic carbocycles. The van der Waals surface area contributed by atoms with E-state index in [9.17, 15) is 24.5 Å². The molecule has 2 rings (SSSR count). The summed E-state index contributed by atoms with van der Waals surface area (Å²) in [5.74, 6) is -1.71. The number of carbonyl (C=O) groups excluding carboxylic acids is 3. The first-order valence-electron chi connectivity index (χ1n) is 8.21. The van der Waals surface area contributed by atoms with Gasteiger partial charge in [0.1, 0.15) is 18.5 Å². The lowest BCUT2D eigenvalue weighted by Gasteiger charge is -2.23. The largest absolute Gasteiger partial charge is 0.463 e. The van der Waals surface area contributed by atoms with Crippen LogP contribution in [0.25, 0.3) is 0 Å². The van der Waals surface area contributed by atoms with Crippen LogP contribution in [0.4, 0.5) is 5.69 Å². The summed E-state index contributed by atoms with van der Waals surface area (Å²) in [6.45, 7) is 3.26. The zero-order valence-corrected chi connectivity index (χ0v) is 15.4. The number of ether oxygens (including phenoxy) is 5. The number of esters is 3. The third kappa shape index (κ3) is 5.64. The van der Waals surface area contributed by atoms with Crippen LogP contribution in [0.3, 0.4) is 0 Å². The molecule has 0 radical (unpaired) electrons. The fraction of sp³-hybridized carbons (Fsp3) is 0.471. The maximum Gasteiger partial charge on any atom is 0.303 e. The first-order chi connectivity index (χ1) is 13.2. The molecule has 1 heterocycles. The molecular formula is C17H19NO10. The van der Waals surface area contributed by atoms with Gasteiger partial charge in [-0.2, -0.15) is 0 Å². The van der Waals surface area contributed by atoms with Gasteiger partial charge in [-0.1, -0.05) is 0 Å². The van der Waals surface area contributed by atoms with Gasteiger partial charge in [-0.25, -0.2) is 0 Å². The highest BCUT2D eigenvalue weighted by atomic mass is 16.7. The van der Waals surface area contributed by atoms with Crippen molar-refractivity contribution in [3.8, 4) is 5.75 Å². The first-order valence-corrected chi connectivity index (χ1v) is 8.21. The Bertz CT molecular complexity index is 747. The molecule has 4 atom stereocenters. The normalized spacial score (nSPS) is 23.5. The number of hydrogen-bond donors (Lipinski definition) is 0. The number of nitrogens with zero attached hydrogens (tertiary/aromatic N) is 1. The number of non-ortho nitro benzene ring substituents is 1. The zero-order chi connectivity index (χ0) is 20.8. The molecule has 0 N–H and O–H groups in total. The van der Waals surface area contributed by atoms with Gasteiger partial charge in [0, 0.05) is 32.9 Å². The number of carbonyl (C=O) groups is 3. The highest BCUT2D eigenvalue weighted by Crippen LogP contribution is 2.30. The van der Waals surface area contributed by atoms with Gasteiger partial charge in [-0.3, -0.25) is 24.5 Å². The van der Waals surface area contributed by atoms with Crippen LogP contribution in [0.15, 0.2) is 24.3 Å². The van der Waals surface area contributed by atoms with Gasteiger partial charge in [0.2, 0.25) is 12.4 Å². The van der Waals surface area contributed by atoms with E-state index in [0.29, 0.717) is 0 Å². The Balaban J connectivity index is 2.22. The summed E-state index contributed by atoms with van der Waals surface area (Å²) in [6.07, 6.45) is -4.36. The third-order valence-electron chi connectivity index (χ3n) is 3.62. The minimum atomic E-state index is -1.20. The highest BCUT2D eigenvalue weighted by molar-refractivity contribution is 5.68. The van der Waals surface area contributed by atoms with E-state index in [1.54, 1.807) is 0 Å². The van der Waals surface area contributed by atoms with Crippen molar-refractivity contribution in [1.29, 1.82) is 0 Å². The number of benzene rings is 1. The van der Waals surface area contributed by atoms with Crippen molar-refractivity contribution in [2.45, 2.75) is 45.4 Å². The van der Waals surface area contributed by atoms with E-state index in [1.165, 1.54) is 31.2 Å². The summed E-state index contributed by atoms with van der Waals surface area (Å²) in [7, 11) is 0. The number of nitro groups is 1. The average Bonchev–Trinajstić information content (AvgIpc) is 2.89. The molecule has 11 nitrogen and oxygen atoms in total. The molecule has 0 amide bonds. The lowest BCUT2D eigenvalue weighted by atomic mass is 10.1. The molecule has 0 unspecified atom stereocenters. The molecule has 0 bridgehead atoms. The molecule has 0 spiro atoms. The number of rotatable bonds is 7. The average molecular weight is 397 g/mol. The van der Waals surface area contributed by atoms with E-state index in [4.69, 9.17) is 23.7 Å². The Hall–Kier alpha value is -3.21. The zero-order valence-electron chi connectivity index (χ0n) is 15.4. The molecule has 0 saturated carbocycles. The lowest BCUT2D eigenvalue weighted by molar-refractivity contribution is -0.384. The predicted octanol–water partition coefficient (Wildman–Crippen LogP) is 1.12. The van der Waals surface area contributed by atoms with Gasteiger partial charge in [-0.05, 0) is 12.1 Å². The SMILES string of the molecule is CC(=O)OC[C@@H]1O[C@@H](Oc2ccc([N+](=O)[O-])cc2)[C@H](OC(C)=O)[C@H]1OC(C)=O. The van der Waals surface area contributed by atoms with Crippen LogP contribution < -0.4 is 4.74 Å².